The van der Waals surface area contributed by atoms with Gasteiger partial charge in [-0.1, -0.05) is 11.6 Å². The van der Waals surface area contributed by atoms with Crippen molar-refractivity contribution in [1.29, 1.82) is 0 Å². The fraction of sp³-hybridized carbons (Fsp3) is 0.474. The molecule has 0 fully saturated rings. The van der Waals surface area contributed by atoms with Crippen molar-refractivity contribution in [2.45, 2.75) is 39.0 Å². The highest BCUT2D eigenvalue weighted by molar-refractivity contribution is 5.94. The number of nitrogens with one attached hydrogen (secondary N) is 3. The zero-order valence-corrected chi connectivity index (χ0v) is 15.4. The lowest BCUT2D eigenvalue weighted by atomic mass is 9.97. The van der Waals surface area contributed by atoms with Crippen LogP contribution in [0.25, 0.3) is 0 Å². The normalized spacial score (nSPS) is 14.5. The molecule has 0 aromatic heterocycles. The Labute approximate surface area is 157 Å². The average molecular weight is 382 g/mol. The molecule has 1 aliphatic carbocycles. The second-order valence-electron chi connectivity index (χ2n) is 6.25. The van der Waals surface area contributed by atoms with E-state index in [1.165, 1.54) is 18.4 Å². The Morgan fingerprint density at radius 2 is 1.96 bits per heavy atom. The second-order valence-corrected chi connectivity index (χ2v) is 6.25. The summed E-state index contributed by atoms with van der Waals surface area (Å²) >= 11 is 0. The number of hydrogen-bond donors (Lipinski definition) is 3. The molecule has 27 heavy (non-hydrogen) atoms. The summed E-state index contributed by atoms with van der Waals surface area (Å²) in [7, 11) is 0. The molecule has 0 heterocycles. The zero-order valence-electron chi connectivity index (χ0n) is 15.4. The topological polar surface area (TPSA) is 65.5 Å². The first-order chi connectivity index (χ1) is 13.0. The van der Waals surface area contributed by atoms with Crippen LogP contribution in [0.5, 0.6) is 0 Å². The van der Waals surface area contributed by atoms with E-state index < -0.39 is 29.0 Å². The number of allylic oxidation sites excluding steroid dienone is 1. The third-order valence-corrected chi connectivity index (χ3v) is 4.16. The van der Waals surface area contributed by atoms with Crippen LogP contribution in [0.3, 0.4) is 0 Å². The molecule has 0 aliphatic heterocycles. The summed E-state index contributed by atoms with van der Waals surface area (Å²) in [5.74, 6) is -4.53. The third kappa shape index (κ3) is 6.62. The maximum absolute atomic E-state index is 13.6. The molecule has 0 spiro atoms. The van der Waals surface area contributed by atoms with Crippen LogP contribution >= 0.6 is 0 Å². The van der Waals surface area contributed by atoms with E-state index in [2.05, 4.69) is 27.0 Å². The van der Waals surface area contributed by atoms with Crippen LogP contribution in [0.2, 0.25) is 0 Å². The Bertz CT molecular complexity index is 719. The molecule has 2 rings (SSSR count). The largest absolute Gasteiger partial charge is 0.357 e. The first kappa shape index (κ1) is 20.8. The number of carbonyl (C=O) groups is 1. The summed E-state index contributed by atoms with van der Waals surface area (Å²) in [5.41, 5.74) is 1.01. The molecular formula is C19H25F3N4O. The smallest absolute Gasteiger partial charge is 0.246 e. The number of nitrogens with zero attached hydrogens (tertiary/aromatic N) is 1. The first-order valence-electron chi connectivity index (χ1n) is 9.14. The third-order valence-electron chi connectivity index (χ3n) is 4.16. The molecule has 1 amide bonds. The standard InChI is InChI=1S/C19H25F3N4O/c1-2-23-19(24-11-10-13-6-4-3-5-7-13)25-12-16(27)26-15-9-8-14(20)17(21)18(15)22/h6,8-9H,2-5,7,10-12H2,1H3,(H,26,27)(H2,23,24,25). The van der Waals surface area contributed by atoms with Crippen molar-refractivity contribution >= 4 is 17.6 Å². The molecule has 1 aromatic rings. The van der Waals surface area contributed by atoms with Gasteiger partial charge in [-0.2, -0.15) is 0 Å². The minimum Gasteiger partial charge on any atom is -0.357 e. The second kappa shape index (κ2) is 10.6. The number of halogens is 3. The molecule has 1 aliphatic rings. The summed E-state index contributed by atoms with van der Waals surface area (Å²) in [6, 6.07) is 1.72. The van der Waals surface area contributed by atoms with Gasteiger partial charge in [0.05, 0.1) is 5.69 Å². The van der Waals surface area contributed by atoms with Crippen LogP contribution in [0.1, 0.15) is 39.0 Å². The van der Waals surface area contributed by atoms with Crippen molar-refractivity contribution in [3.63, 3.8) is 0 Å². The van der Waals surface area contributed by atoms with Crippen molar-refractivity contribution in [3.05, 3.63) is 41.2 Å². The van der Waals surface area contributed by atoms with Crippen molar-refractivity contribution in [2.75, 3.05) is 25.0 Å². The first-order valence-corrected chi connectivity index (χ1v) is 9.14. The van der Waals surface area contributed by atoms with Gasteiger partial charge < -0.3 is 16.0 Å². The van der Waals surface area contributed by atoms with E-state index in [0.717, 1.165) is 31.4 Å². The molecule has 5 nitrogen and oxygen atoms in total. The summed E-state index contributed by atoms with van der Waals surface area (Å²) in [4.78, 5) is 16.1. The fourth-order valence-corrected chi connectivity index (χ4v) is 2.78. The van der Waals surface area contributed by atoms with Gasteiger partial charge in [-0.15, -0.1) is 0 Å². The molecule has 8 heteroatoms. The Morgan fingerprint density at radius 3 is 2.67 bits per heavy atom. The number of carbonyl (C=O) groups excluding carboxylic acids is 1. The van der Waals surface area contributed by atoms with Gasteiger partial charge in [0.2, 0.25) is 5.91 Å². The van der Waals surface area contributed by atoms with Crippen LogP contribution in [-0.2, 0) is 4.79 Å². The lowest BCUT2D eigenvalue weighted by Gasteiger charge is -2.15. The van der Waals surface area contributed by atoms with E-state index in [1.807, 2.05) is 6.92 Å². The van der Waals surface area contributed by atoms with Crippen molar-refractivity contribution in [3.8, 4) is 0 Å². The molecular weight excluding hydrogens is 357 g/mol. The number of anilines is 1. The zero-order chi connectivity index (χ0) is 19.6. The van der Waals surface area contributed by atoms with E-state index in [0.29, 0.717) is 19.0 Å². The summed E-state index contributed by atoms with van der Waals surface area (Å²) in [6.07, 6.45) is 7.91. The monoisotopic (exact) mass is 382 g/mol. The number of hydrogen-bond acceptors (Lipinski definition) is 2. The maximum atomic E-state index is 13.6. The molecule has 0 saturated heterocycles. The number of guanidine groups is 1. The van der Waals surface area contributed by atoms with E-state index in [1.54, 1.807) is 0 Å². The van der Waals surface area contributed by atoms with Gasteiger partial charge in [0, 0.05) is 13.1 Å². The van der Waals surface area contributed by atoms with Crippen LogP contribution in [-0.4, -0.2) is 31.5 Å². The Kier molecular flexibility index (Phi) is 8.16. The molecule has 0 unspecified atom stereocenters. The molecule has 148 valence electrons. The SMILES string of the molecule is CCNC(=NCC(=O)Nc1ccc(F)c(F)c1F)NCCC1=CCCCC1. The number of amides is 1. The van der Waals surface area contributed by atoms with E-state index in [-0.39, 0.29) is 6.54 Å². The molecule has 3 N–H and O–H groups in total. The van der Waals surface area contributed by atoms with Crippen molar-refractivity contribution in [1.82, 2.24) is 10.6 Å². The number of benzene rings is 1. The fourth-order valence-electron chi connectivity index (χ4n) is 2.78. The van der Waals surface area contributed by atoms with Crippen molar-refractivity contribution in [2.24, 2.45) is 4.99 Å². The molecule has 1 aromatic carbocycles. The van der Waals surface area contributed by atoms with Crippen LogP contribution < -0.4 is 16.0 Å². The molecule has 0 atom stereocenters. The van der Waals surface area contributed by atoms with E-state index >= 15 is 0 Å². The predicted molar refractivity (Wildman–Crippen MR) is 100 cm³/mol. The maximum Gasteiger partial charge on any atom is 0.246 e. The van der Waals surface area contributed by atoms with Gasteiger partial charge >= 0.3 is 0 Å². The minimum atomic E-state index is -1.62. The number of aliphatic imine (C=N–C) groups is 1. The lowest BCUT2D eigenvalue weighted by molar-refractivity contribution is -0.114. The minimum absolute atomic E-state index is 0.281. The lowest BCUT2D eigenvalue weighted by Crippen LogP contribution is -2.38. The van der Waals surface area contributed by atoms with Gasteiger partial charge in [-0.3, -0.25) is 4.79 Å². The molecule has 0 bridgehead atoms. The van der Waals surface area contributed by atoms with Gasteiger partial charge in [-0.05, 0) is 51.2 Å². The molecule has 0 radical (unpaired) electrons. The highest BCUT2D eigenvalue weighted by atomic mass is 19.2. The van der Waals surface area contributed by atoms with E-state index in [4.69, 9.17) is 0 Å². The highest BCUT2D eigenvalue weighted by Gasteiger charge is 2.15. The summed E-state index contributed by atoms with van der Waals surface area (Å²) in [5, 5.41) is 8.36. The van der Waals surface area contributed by atoms with Gasteiger partial charge in [0.15, 0.2) is 23.4 Å². The van der Waals surface area contributed by atoms with Gasteiger partial charge in [0.1, 0.15) is 6.54 Å². The average Bonchev–Trinajstić information content (AvgIpc) is 2.67. The van der Waals surface area contributed by atoms with Gasteiger partial charge in [0.25, 0.3) is 0 Å². The van der Waals surface area contributed by atoms with Crippen LogP contribution in [0, 0.1) is 17.5 Å². The molecule has 0 saturated carbocycles. The highest BCUT2D eigenvalue weighted by Crippen LogP contribution is 2.20. The summed E-state index contributed by atoms with van der Waals surface area (Å²) < 4.78 is 39.7. The predicted octanol–water partition coefficient (Wildman–Crippen LogP) is 3.49. The van der Waals surface area contributed by atoms with Crippen LogP contribution in [0.15, 0.2) is 28.8 Å². The van der Waals surface area contributed by atoms with Gasteiger partial charge in [-0.25, -0.2) is 18.2 Å². The van der Waals surface area contributed by atoms with Crippen molar-refractivity contribution < 1.29 is 18.0 Å². The Balaban J connectivity index is 1.86. The van der Waals surface area contributed by atoms with E-state index in [9.17, 15) is 18.0 Å². The van der Waals surface area contributed by atoms with Crippen LogP contribution in [0.4, 0.5) is 18.9 Å². The Morgan fingerprint density at radius 1 is 1.15 bits per heavy atom. The summed E-state index contributed by atoms with van der Waals surface area (Å²) in [6.45, 7) is 2.93. The number of rotatable bonds is 7. The Hall–Kier alpha value is -2.51. The quantitative estimate of drug-likeness (QED) is 0.293.